The van der Waals surface area contributed by atoms with Crippen LogP contribution in [0.25, 0.3) is 0 Å². The van der Waals surface area contributed by atoms with Crippen molar-refractivity contribution in [3.8, 4) is 0 Å². The van der Waals surface area contributed by atoms with Crippen LogP contribution in [0.15, 0.2) is 12.2 Å². The molecule has 1 heterocycles. The molecule has 0 bridgehead atoms. The Labute approximate surface area is 103 Å². The topological polar surface area (TPSA) is 41.6 Å². The van der Waals surface area contributed by atoms with Gasteiger partial charge in [-0.3, -0.25) is 15.0 Å². The van der Waals surface area contributed by atoms with Crippen molar-refractivity contribution in [2.45, 2.75) is 37.6 Å². The quantitative estimate of drug-likeness (QED) is 0.592. The van der Waals surface area contributed by atoms with Gasteiger partial charge in [0.2, 0.25) is 0 Å². The molecule has 2 aliphatic rings. The van der Waals surface area contributed by atoms with E-state index in [1.54, 1.807) is 0 Å². The molecule has 1 aliphatic carbocycles. The minimum atomic E-state index is -0.435. The highest BCUT2D eigenvalue weighted by molar-refractivity contribution is 5.80. The van der Waals surface area contributed by atoms with E-state index < -0.39 is 5.54 Å². The van der Waals surface area contributed by atoms with Crippen LogP contribution in [0.3, 0.4) is 0 Å². The first kappa shape index (κ1) is 12.6. The molecule has 4 nitrogen and oxygen atoms in total. The van der Waals surface area contributed by atoms with Gasteiger partial charge >= 0.3 is 5.97 Å². The number of hydrogen-bond acceptors (Lipinski definition) is 4. The number of methoxy groups -OCH3 is 1. The van der Waals surface area contributed by atoms with Gasteiger partial charge in [0.1, 0.15) is 5.54 Å². The first-order valence-corrected chi connectivity index (χ1v) is 6.48. The molecule has 2 rings (SSSR count). The van der Waals surface area contributed by atoms with E-state index in [2.05, 4.69) is 22.4 Å². The minimum absolute atomic E-state index is 0.0932. The molecular formula is C13H22N2O2. The van der Waals surface area contributed by atoms with Gasteiger partial charge in [0.05, 0.1) is 7.11 Å². The number of nitrogens with zero attached hydrogens (tertiary/aromatic N) is 1. The van der Waals surface area contributed by atoms with Gasteiger partial charge in [-0.15, -0.1) is 0 Å². The lowest BCUT2D eigenvalue weighted by Gasteiger charge is -2.36. The molecule has 0 saturated heterocycles. The summed E-state index contributed by atoms with van der Waals surface area (Å²) in [5, 5.41) is 3.44. The molecule has 4 heteroatoms. The summed E-state index contributed by atoms with van der Waals surface area (Å²) in [5.41, 5.74) is -0.435. The summed E-state index contributed by atoms with van der Waals surface area (Å²) in [6, 6.07) is 0. The standard InChI is InChI=1S/C13H22N2O2/c1-17-12(16)13(7-3-2-4-8-13)14-11-15-9-5-6-10-15/h5-6,14H,2-4,7-11H2,1H3. The molecule has 17 heavy (non-hydrogen) atoms. The molecule has 0 atom stereocenters. The Morgan fingerprint density at radius 1 is 1.29 bits per heavy atom. The SMILES string of the molecule is COC(=O)C1(NCN2CC=CC2)CCCCC1. The number of ether oxygens (including phenoxy) is 1. The van der Waals surface area contributed by atoms with Gasteiger partial charge in [-0.05, 0) is 12.8 Å². The van der Waals surface area contributed by atoms with Gasteiger partial charge in [-0.1, -0.05) is 31.4 Å². The van der Waals surface area contributed by atoms with Gasteiger partial charge in [-0.2, -0.15) is 0 Å². The average Bonchev–Trinajstić information content (AvgIpc) is 2.89. The summed E-state index contributed by atoms with van der Waals surface area (Å²) in [6.45, 7) is 2.72. The number of carbonyl (C=O) groups is 1. The second-order valence-corrected chi connectivity index (χ2v) is 4.98. The van der Waals surface area contributed by atoms with Crippen LogP contribution in [0.4, 0.5) is 0 Å². The Morgan fingerprint density at radius 3 is 2.53 bits per heavy atom. The fourth-order valence-corrected chi connectivity index (χ4v) is 2.72. The zero-order chi connectivity index (χ0) is 12.1. The number of hydrogen-bond donors (Lipinski definition) is 1. The monoisotopic (exact) mass is 238 g/mol. The molecule has 0 amide bonds. The third-order valence-corrected chi connectivity index (χ3v) is 3.82. The van der Waals surface area contributed by atoms with Crippen LogP contribution in [0.5, 0.6) is 0 Å². The van der Waals surface area contributed by atoms with E-state index in [1.807, 2.05) is 0 Å². The normalized spacial score (nSPS) is 23.8. The molecule has 1 saturated carbocycles. The van der Waals surface area contributed by atoms with E-state index in [9.17, 15) is 4.79 Å². The van der Waals surface area contributed by atoms with E-state index in [4.69, 9.17) is 4.74 Å². The van der Waals surface area contributed by atoms with Crippen molar-refractivity contribution in [2.24, 2.45) is 0 Å². The van der Waals surface area contributed by atoms with E-state index >= 15 is 0 Å². The summed E-state index contributed by atoms with van der Waals surface area (Å²) in [4.78, 5) is 14.3. The Bertz CT molecular complexity index is 288. The third-order valence-electron chi connectivity index (χ3n) is 3.82. The molecule has 0 aromatic heterocycles. The van der Waals surface area contributed by atoms with Crippen LogP contribution in [0, 0.1) is 0 Å². The Kier molecular flexibility index (Phi) is 4.18. The number of nitrogens with one attached hydrogen (secondary N) is 1. The van der Waals surface area contributed by atoms with Crippen molar-refractivity contribution < 1.29 is 9.53 Å². The number of rotatable bonds is 4. The van der Waals surface area contributed by atoms with Crippen LogP contribution in [-0.4, -0.2) is 43.3 Å². The molecule has 0 unspecified atom stereocenters. The average molecular weight is 238 g/mol. The Balaban J connectivity index is 1.92. The highest BCUT2D eigenvalue weighted by atomic mass is 16.5. The number of esters is 1. The van der Waals surface area contributed by atoms with Crippen LogP contribution in [0.1, 0.15) is 32.1 Å². The second kappa shape index (κ2) is 5.65. The molecule has 1 N–H and O–H groups in total. The highest BCUT2D eigenvalue weighted by Gasteiger charge is 2.40. The van der Waals surface area contributed by atoms with Crippen molar-refractivity contribution >= 4 is 5.97 Å². The summed E-state index contributed by atoms with van der Waals surface area (Å²) in [7, 11) is 1.48. The van der Waals surface area contributed by atoms with E-state index in [0.29, 0.717) is 0 Å². The molecule has 1 fully saturated rings. The van der Waals surface area contributed by atoms with E-state index in [0.717, 1.165) is 45.4 Å². The highest BCUT2D eigenvalue weighted by Crippen LogP contribution is 2.29. The molecular weight excluding hydrogens is 216 g/mol. The molecule has 96 valence electrons. The minimum Gasteiger partial charge on any atom is -0.468 e. The van der Waals surface area contributed by atoms with Gasteiger partial charge in [0.25, 0.3) is 0 Å². The van der Waals surface area contributed by atoms with Crippen LogP contribution < -0.4 is 5.32 Å². The van der Waals surface area contributed by atoms with Crippen molar-refractivity contribution in [3.63, 3.8) is 0 Å². The zero-order valence-corrected chi connectivity index (χ0v) is 10.6. The van der Waals surface area contributed by atoms with Crippen molar-refractivity contribution in [1.82, 2.24) is 10.2 Å². The maximum absolute atomic E-state index is 12.0. The van der Waals surface area contributed by atoms with Gasteiger partial charge in [0.15, 0.2) is 0 Å². The lowest BCUT2D eigenvalue weighted by Crippen LogP contribution is -2.56. The van der Waals surface area contributed by atoms with Gasteiger partial charge in [-0.25, -0.2) is 0 Å². The summed E-state index contributed by atoms with van der Waals surface area (Å²) in [5.74, 6) is -0.0932. The summed E-state index contributed by atoms with van der Waals surface area (Å²) in [6.07, 6.45) is 9.58. The molecule has 0 radical (unpaired) electrons. The molecule has 0 aromatic rings. The second-order valence-electron chi connectivity index (χ2n) is 4.98. The van der Waals surface area contributed by atoms with E-state index in [-0.39, 0.29) is 5.97 Å². The smallest absolute Gasteiger partial charge is 0.326 e. The fraction of sp³-hybridized carbons (Fsp3) is 0.769. The van der Waals surface area contributed by atoms with Gasteiger partial charge in [0, 0.05) is 19.8 Å². The largest absolute Gasteiger partial charge is 0.468 e. The van der Waals surface area contributed by atoms with Crippen LogP contribution in [-0.2, 0) is 9.53 Å². The van der Waals surface area contributed by atoms with Crippen LogP contribution in [0.2, 0.25) is 0 Å². The Morgan fingerprint density at radius 2 is 1.94 bits per heavy atom. The molecule has 0 spiro atoms. The lowest BCUT2D eigenvalue weighted by atomic mass is 9.82. The fourth-order valence-electron chi connectivity index (χ4n) is 2.72. The predicted octanol–water partition coefficient (Wildman–Crippen LogP) is 1.28. The van der Waals surface area contributed by atoms with Crippen molar-refractivity contribution in [1.29, 1.82) is 0 Å². The zero-order valence-electron chi connectivity index (χ0n) is 10.6. The van der Waals surface area contributed by atoms with Gasteiger partial charge < -0.3 is 4.74 Å². The van der Waals surface area contributed by atoms with Crippen molar-refractivity contribution in [2.75, 3.05) is 26.9 Å². The Hall–Kier alpha value is -0.870. The summed E-state index contributed by atoms with van der Waals surface area (Å²) < 4.78 is 4.97. The summed E-state index contributed by atoms with van der Waals surface area (Å²) >= 11 is 0. The first-order chi connectivity index (χ1) is 8.27. The first-order valence-electron chi connectivity index (χ1n) is 6.48. The maximum Gasteiger partial charge on any atom is 0.326 e. The number of carbonyl (C=O) groups excluding carboxylic acids is 1. The van der Waals surface area contributed by atoms with E-state index in [1.165, 1.54) is 13.5 Å². The van der Waals surface area contributed by atoms with Crippen molar-refractivity contribution in [3.05, 3.63) is 12.2 Å². The predicted molar refractivity (Wildman–Crippen MR) is 66.5 cm³/mol. The molecule has 1 aliphatic heterocycles. The molecule has 0 aromatic carbocycles. The van der Waals surface area contributed by atoms with Crippen LogP contribution >= 0.6 is 0 Å². The lowest BCUT2D eigenvalue weighted by molar-refractivity contribution is -0.150. The maximum atomic E-state index is 12.0. The third kappa shape index (κ3) is 2.87.